The SMILES string of the molecule is CC1CCC1.CN[C@H]1CC[C@@H](c2nnc3cnc4[nH]ccc4n23)C1.COC.CP.[HH].[HH]. The van der Waals surface area contributed by atoms with E-state index >= 15 is 0 Å². The van der Waals surface area contributed by atoms with E-state index in [9.17, 15) is 0 Å². The molecule has 7 nitrogen and oxygen atoms in total. The number of aromatic amines is 1. The molecule has 0 aromatic carbocycles. The Balaban J connectivity index is 0.000000639. The van der Waals surface area contributed by atoms with Gasteiger partial charge in [0, 0.05) is 35.2 Å². The summed E-state index contributed by atoms with van der Waals surface area (Å²) in [6.07, 6.45) is 11.6. The Labute approximate surface area is 179 Å². The van der Waals surface area contributed by atoms with Crippen LogP contribution in [0.15, 0.2) is 18.5 Å². The van der Waals surface area contributed by atoms with Crippen LogP contribution in [0.4, 0.5) is 0 Å². The number of H-pyrrole nitrogens is 1. The Kier molecular flexibility index (Phi) is 9.98. The topological polar surface area (TPSA) is 80.1 Å². The molecule has 8 heteroatoms. The number of ether oxygens (including phenoxy) is 1. The minimum Gasteiger partial charge on any atom is -0.388 e. The molecule has 3 aromatic rings. The van der Waals surface area contributed by atoms with Gasteiger partial charge in [0.25, 0.3) is 0 Å². The molecule has 2 saturated carbocycles. The second-order valence-electron chi connectivity index (χ2n) is 7.66. The zero-order chi connectivity index (χ0) is 21.2. The van der Waals surface area contributed by atoms with Crippen LogP contribution in [0.3, 0.4) is 0 Å². The lowest BCUT2D eigenvalue weighted by molar-refractivity contribution is 0.277. The van der Waals surface area contributed by atoms with Crippen molar-refractivity contribution in [2.75, 3.05) is 27.9 Å². The molecule has 3 aromatic heterocycles. The van der Waals surface area contributed by atoms with Gasteiger partial charge in [-0.15, -0.1) is 19.4 Å². The molecule has 2 aliphatic rings. The lowest BCUT2D eigenvalue weighted by Gasteiger charge is -2.18. The van der Waals surface area contributed by atoms with Gasteiger partial charge in [0.05, 0.1) is 11.7 Å². The van der Waals surface area contributed by atoms with E-state index in [0.29, 0.717) is 12.0 Å². The summed E-state index contributed by atoms with van der Waals surface area (Å²) in [7, 11) is 7.70. The van der Waals surface area contributed by atoms with E-state index in [4.69, 9.17) is 0 Å². The third-order valence-corrected chi connectivity index (χ3v) is 5.57. The molecule has 2 aliphatic carbocycles. The smallest absolute Gasteiger partial charge is 0.179 e. The van der Waals surface area contributed by atoms with Gasteiger partial charge in [-0.05, 0) is 38.3 Å². The number of hydrogen-bond donors (Lipinski definition) is 2. The summed E-state index contributed by atoms with van der Waals surface area (Å²) in [5.74, 6) is 2.61. The van der Waals surface area contributed by atoms with Crippen LogP contribution in [0, 0.1) is 5.92 Å². The maximum Gasteiger partial charge on any atom is 0.179 e. The summed E-state index contributed by atoms with van der Waals surface area (Å²) in [6, 6.07) is 2.63. The average Bonchev–Trinajstić information content (AvgIpc) is 3.46. The highest BCUT2D eigenvalue weighted by atomic mass is 31.0. The average molecular weight is 425 g/mol. The first-order valence-electron chi connectivity index (χ1n) is 10.5. The number of nitrogens with one attached hydrogen (secondary N) is 2. The lowest BCUT2D eigenvalue weighted by Crippen LogP contribution is -2.21. The van der Waals surface area contributed by atoms with Crippen molar-refractivity contribution in [3.63, 3.8) is 0 Å². The molecule has 3 heterocycles. The molecule has 166 valence electrons. The summed E-state index contributed by atoms with van der Waals surface area (Å²) in [5, 5.41) is 12.0. The minimum atomic E-state index is 0. The number of nitrogens with zero attached hydrogens (tertiary/aromatic N) is 4. The molecule has 2 N–H and O–H groups in total. The van der Waals surface area contributed by atoms with Crippen LogP contribution >= 0.6 is 9.24 Å². The van der Waals surface area contributed by atoms with Gasteiger partial charge in [-0.3, -0.25) is 4.40 Å². The highest BCUT2D eigenvalue weighted by Crippen LogP contribution is 2.34. The molecular weight excluding hydrogens is 383 g/mol. The Bertz CT molecular complexity index is 855. The minimum absolute atomic E-state index is 0. The summed E-state index contributed by atoms with van der Waals surface area (Å²) < 4.78 is 6.39. The van der Waals surface area contributed by atoms with Crippen molar-refractivity contribution in [3.05, 3.63) is 24.3 Å². The van der Waals surface area contributed by atoms with Crippen LogP contribution in [0.5, 0.6) is 0 Å². The van der Waals surface area contributed by atoms with E-state index in [-0.39, 0.29) is 2.85 Å². The van der Waals surface area contributed by atoms with Crippen LogP contribution in [0.2, 0.25) is 0 Å². The van der Waals surface area contributed by atoms with Gasteiger partial charge in [-0.25, -0.2) is 4.98 Å². The first-order chi connectivity index (χ1) is 14.2. The Morgan fingerprint density at radius 3 is 2.45 bits per heavy atom. The third kappa shape index (κ3) is 5.97. The molecule has 0 radical (unpaired) electrons. The van der Waals surface area contributed by atoms with Crippen molar-refractivity contribution >= 4 is 26.1 Å². The predicted molar refractivity (Wildman–Crippen MR) is 128 cm³/mol. The van der Waals surface area contributed by atoms with E-state index in [1.54, 1.807) is 20.4 Å². The number of methoxy groups -OCH3 is 1. The molecule has 29 heavy (non-hydrogen) atoms. The van der Waals surface area contributed by atoms with Crippen LogP contribution in [0.25, 0.3) is 16.8 Å². The van der Waals surface area contributed by atoms with E-state index in [2.05, 4.69) is 50.8 Å². The molecular formula is C21H41N6OP. The molecule has 2 fully saturated rings. The van der Waals surface area contributed by atoms with Crippen LogP contribution in [-0.2, 0) is 4.74 Å². The molecule has 0 saturated heterocycles. The van der Waals surface area contributed by atoms with Crippen molar-refractivity contribution in [2.45, 2.75) is 57.4 Å². The van der Waals surface area contributed by atoms with Crippen molar-refractivity contribution < 1.29 is 7.59 Å². The van der Waals surface area contributed by atoms with Crippen molar-refractivity contribution in [3.8, 4) is 0 Å². The fourth-order valence-corrected chi connectivity index (χ4v) is 3.75. The molecule has 0 spiro atoms. The first-order valence-corrected chi connectivity index (χ1v) is 11.7. The van der Waals surface area contributed by atoms with Crippen LogP contribution in [0.1, 0.15) is 60.0 Å². The standard InChI is InChI=1S/C13H16N6.C5H10.C2H6O.CH5P.2H2/c1-14-9-3-2-8(6-9)13-18-17-11-7-16-12-10(19(11)13)4-5-15-12;1-5-3-2-4-5;1-3-2;1-2;;/h4-5,7-9,14-15H,2-3,6H2,1H3;5H,2-4H2,1H3;1-2H3;2H2,1H3;2*1H/t8-,9+;;;;;/m1...../s1. The van der Waals surface area contributed by atoms with Crippen LogP contribution < -0.4 is 5.32 Å². The van der Waals surface area contributed by atoms with E-state index in [0.717, 1.165) is 35.0 Å². The van der Waals surface area contributed by atoms with E-state index in [1.165, 1.54) is 32.1 Å². The number of rotatable bonds is 2. The summed E-state index contributed by atoms with van der Waals surface area (Å²) >= 11 is 0. The molecule has 5 rings (SSSR count). The summed E-state index contributed by atoms with van der Waals surface area (Å²) in [6.45, 7) is 4.23. The monoisotopic (exact) mass is 424 g/mol. The second-order valence-corrected chi connectivity index (χ2v) is 7.66. The van der Waals surface area contributed by atoms with Gasteiger partial charge in [-0.1, -0.05) is 32.9 Å². The molecule has 0 amide bonds. The van der Waals surface area contributed by atoms with Crippen molar-refractivity contribution in [1.82, 2.24) is 29.9 Å². The summed E-state index contributed by atoms with van der Waals surface area (Å²) in [5.41, 5.74) is 2.78. The van der Waals surface area contributed by atoms with Crippen molar-refractivity contribution in [2.24, 2.45) is 5.92 Å². The fraction of sp³-hybridized carbons (Fsp3) is 0.667. The van der Waals surface area contributed by atoms with Gasteiger partial charge in [-0.2, -0.15) is 0 Å². The fourth-order valence-electron chi connectivity index (χ4n) is 3.75. The highest BCUT2D eigenvalue weighted by molar-refractivity contribution is 7.15. The maximum atomic E-state index is 4.41. The first kappa shape index (κ1) is 23.7. The lowest BCUT2D eigenvalue weighted by atomic mass is 9.88. The van der Waals surface area contributed by atoms with Crippen molar-refractivity contribution in [1.29, 1.82) is 0 Å². The predicted octanol–water partition coefficient (Wildman–Crippen LogP) is 4.51. The molecule has 0 bridgehead atoms. The number of fused-ring (bicyclic) bond motifs is 3. The largest absolute Gasteiger partial charge is 0.388 e. The Morgan fingerprint density at radius 2 is 1.90 bits per heavy atom. The van der Waals surface area contributed by atoms with Gasteiger partial charge in [0.15, 0.2) is 11.3 Å². The van der Waals surface area contributed by atoms with E-state index in [1.807, 2.05) is 26.0 Å². The van der Waals surface area contributed by atoms with Gasteiger partial charge in [0.2, 0.25) is 0 Å². The Hall–Kier alpha value is -1.56. The van der Waals surface area contributed by atoms with Gasteiger partial charge in [0.1, 0.15) is 5.82 Å². The highest BCUT2D eigenvalue weighted by Gasteiger charge is 2.28. The zero-order valence-electron chi connectivity index (χ0n) is 18.5. The number of hydrogen-bond acceptors (Lipinski definition) is 5. The zero-order valence-corrected chi connectivity index (χ0v) is 19.6. The van der Waals surface area contributed by atoms with Crippen LogP contribution in [-0.4, -0.2) is 58.5 Å². The van der Waals surface area contributed by atoms with Gasteiger partial charge < -0.3 is 15.0 Å². The summed E-state index contributed by atoms with van der Waals surface area (Å²) in [4.78, 5) is 7.49. The molecule has 0 aliphatic heterocycles. The molecule has 3 atom stereocenters. The second kappa shape index (κ2) is 12.2. The normalized spacial score (nSPS) is 20.8. The third-order valence-electron chi connectivity index (χ3n) is 5.57. The number of aromatic nitrogens is 5. The van der Waals surface area contributed by atoms with Gasteiger partial charge >= 0.3 is 0 Å². The Morgan fingerprint density at radius 1 is 1.21 bits per heavy atom. The maximum absolute atomic E-state index is 4.41. The quantitative estimate of drug-likeness (QED) is 0.592. The molecule has 1 unspecified atom stereocenters. The van der Waals surface area contributed by atoms with E-state index < -0.39 is 0 Å².